The number of rotatable bonds is 6. The molecule has 2 aromatic heterocycles. The van der Waals surface area contributed by atoms with Crippen LogP contribution in [0.5, 0.6) is 5.75 Å². The zero-order valence-corrected chi connectivity index (χ0v) is 20.8. The molecule has 2 saturated heterocycles. The maximum atomic E-state index is 13.3. The lowest BCUT2D eigenvalue weighted by Gasteiger charge is -2.29. The zero-order chi connectivity index (χ0) is 25.6. The first kappa shape index (κ1) is 23.4. The van der Waals surface area contributed by atoms with Gasteiger partial charge in [0.15, 0.2) is 0 Å². The van der Waals surface area contributed by atoms with Crippen LogP contribution in [0.4, 0.5) is 5.69 Å². The largest absolute Gasteiger partial charge is 0.495 e. The number of fused-ring (bicyclic) bond motifs is 3. The van der Waals surface area contributed by atoms with Gasteiger partial charge in [0, 0.05) is 29.4 Å². The highest BCUT2D eigenvalue weighted by molar-refractivity contribution is 7.90. The maximum Gasteiger partial charge on any atom is 0.283 e. The van der Waals surface area contributed by atoms with Crippen molar-refractivity contribution in [2.24, 2.45) is 0 Å². The molecule has 2 aromatic carbocycles. The van der Waals surface area contributed by atoms with Crippen LogP contribution in [-0.2, 0) is 14.8 Å². The summed E-state index contributed by atoms with van der Waals surface area (Å²) in [5.74, 6) is -0.678. The molecule has 4 heterocycles. The second-order valence-corrected chi connectivity index (χ2v) is 10.7. The van der Waals surface area contributed by atoms with E-state index < -0.39 is 15.9 Å². The summed E-state index contributed by atoms with van der Waals surface area (Å²) in [4.78, 5) is 23.9. The van der Waals surface area contributed by atoms with Crippen molar-refractivity contribution in [3.8, 4) is 17.0 Å². The molecule has 1 N–H and O–H groups in total. The van der Waals surface area contributed by atoms with Crippen molar-refractivity contribution < 1.29 is 22.7 Å². The number of carbonyl (C=O) groups excluding carboxylic acids is 1. The molecule has 2 aliphatic heterocycles. The number of sulfonamides is 1. The number of morpholine rings is 1. The van der Waals surface area contributed by atoms with Crippen LogP contribution in [0.1, 0.15) is 16.9 Å². The van der Waals surface area contributed by atoms with Gasteiger partial charge < -0.3 is 14.4 Å². The van der Waals surface area contributed by atoms with Crippen molar-refractivity contribution in [3.05, 3.63) is 78.6 Å². The number of amides is 1. The number of aromatic nitrogens is 2. The summed E-state index contributed by atoms with van der Waals surface area (Å²) < 4.78 is 39.8. The molecule has 0 radical (unpaired) electrons. The van der Waals surface area contributed by atoms with Gasteiger partial charge in [-0.3, -0.25) is 9.78 Å². The fourth-order valence-corrected chi connectivity index (χ4v) is 6.18. The maximum absolute atomic E-state index is 13.3. The highest BCUT2D eigenvalue weighted by Gasteiger charge is 2.39. The minimum Gasteiger partial charge on any atom is -0.495 e. The molecular weight excluding hydrogens is 492 g/mol. The van der Waals surface area contributed by atoms with Crippen LogP contribution in [0.2, 0.25) is 0 Å². The molecule has 6 rings (SSSR count). The molecule has 1 amide bonds. The van der Waals surface area contributed by atoms with Crippen LogP contribution in [0, 0.1) is 0 Å². The Hall–Kier alpha value is -4.02. The van der Waals surface area contributed by atoms with Crippen LogP contribution in [0.15, 0.2) is 77.8 Å². The van der Waals surface area contributed by atoms with Gasteiger partial charge >= 0.3 is 0 Å². The third-order valence-electron chi connectivity index (χ3n) is 6.80. The number of pyridine rings is 2. The van der Waals surface area contributed by atoms with Gasteiger partial charge in [-0.05, 0) is 55.0 Å². The van der Waals surface area contributed by atoms with Crippen molar-refractivity contribution >= 4 is 32.5 Å². The van der Waals surface area contributed by atoms with E-state index >= 15 is 0 Å². The van der Waals surface area contributed by atoms with Gasteiger partial charge in [-0.1, -0.05) is 18.2 Å². The highest BCUT2D eigenvalue weighted by Crippen LogP contribution is 2.36. The first-order valence-electron chi connectivity index (χ1n) is 11.9. The number of nitrogens with one attached hydrogen (secondary N) is 1. The average molecular weight is 517 g/mol. The molecule has 2 aliphatic rings. The number of ether oxygens (including phenoxy) is 2. The molecule has 0 spiro atoms. The number of hydrogen-bond donors (Lipinski definition) is 1. The SMILES string of the molecule is COc1ccc(N2CC3CC2CO3)cc1S(=O)(=O)NC(=O)c1ccc2c(-c3ccccn3)cccc2n1. The Bertz CT molecular complexity index is 1610. The lowest BCUT2D eigenvalue weighted by atomic mass is 10.0. The van der Waals surface area contributed by atoms with E-state index in [1.165, 1.54) is 13.2 Å². The van der Waals surface area contributed by atoms with Gasteiger partial charge in [-0.25, -0.2) is 18.1 Å². The smallest absolute Gasteiger partial charge is 0.283 e. The van der Waals surface area contributed by atoms with E-state index in [1.54, 1.807) is 30.5 Å². The Morgan fingerprint density at radius 1 is 1.11 bits per heavy atom. The topological polar surface area (TPSA) is 111 Å². The molecule has 37 heavy (non-hydrogen) atoms. The van der Waals surface area contributed by atoms with Gasteiger partial charge in [-0.15, -0.1) is 0 Å². The fourth-order valence-electron chi connectivity index (χ4n) is 5.03. The van der Waals surface area contributed by atoms with Crippen molar-refractivity contribution in [2.45, 2.75) is 23.5 Å². The molecule has 2 bridgehead atoms. The van der Waals surface area contributed by atoms with E-state index in [4.69, 9.17) is 9.47 Å². The summed E-state index contributed by atoms with van der Waals surface area (Å²) in [5, 5.41) is 0.805. The van der Waals surface area contributed by atoms with Gasteiger partial charge in [0.1, 0.15) is 16.3 Å². The average Bonchev–Trinajstić information content (AvgIpc) is 3.56. The Kier molecular flexibility index (Phi) is 5.77. The minimum absolute atomic E-state index is 0.0154. The van der Waals surface area contributed by atoms with Crippen molar-refractivity contribution in [1.82, 2.24) is 14.7 Å². The Balaban J connectivity index is 1.29. The number of methoxy groups -OCH3 is 1. The quantitative estimate of drug-likeness (QED) is 0.415. The zero-order valence-electron chi connectivity index (χ0n) is 20.0. The van der Waals surface area contributed by atoms with Gasteiger partial charge in [0.2, 0.25) is 0 Å². The monoisotopic (exact) mass is 516 g/mol. The Morgan fingerprint density at radius 3 is 2.73 bits per heavy atom. The molecule has 4 aromatic rings. The molecule has 0 saturated carbocycles. The molecule has 0 aliphatic carbocycles. The minimum atomic E-state index is -4.25. The second-order valence-electron chi connectivity index (χ2n) is 9.05. The third kappa shape index (κ3) is 4.28. The van der Waals surface area contributed by atoms with E-state index in [9.17, 15) is 13.2 Å². The summed E-state index contributed by atoms with van der Waals surface area (Å²) in [6, 6.07) is 19.6. The lowest BCUT2D eigenvalue weighted by Crippen LogP contribution is -2.37. The molecular formula is C27H24N4O5S. The molecule has 9 nitrogen and oxygen atoms in total. The number of benzene rings is 2. The number of carbonyl (C=O) groups is 1. The van der Waals surface area contributed by atoms with Crippen LogP contribution in [-0.4, -0.2) is 56.7 Å². The highest BCUT2D eigenvalue weighted by atomic mass is 32.2. The van der Waals surface area contributed by atoms with E-state index in [0.29, 0.717) is 18.7 Å². The first-order chi connectivity index (χ1) is 17.9. The summed E-state index contributed by atoms with van der Waals surface area (Å²) in [6.07, 6.45) is 2.78. The second kappa shape index (κ2) is 9.13. The van der Waals surface area contributed by atoms with Crippen LogP contribution < -0.4 is 14.4 Å². The van der Waals surface area contributed by atoms with E-state index in [0.717, 1.165) is 28.8 Å². The number of anilines is 1. The summed E-state index contributed by atoms with van der Waals surface area (Å²) in [6.45, 7) is 1.32. The fraction of sp³-hybridized carbons (Fsp3) is 0.222. The molecule has 188 valence electrons. The van der Waals surface area contributed by atoms with Crippen molar-refractivity contribution in [2.75, 3.05) is 25.2 Å². The van der Waals surface area contributed by atoms with Crippen LogP contribution in [0.3, 0.4) is 0 Å². The normalized spacial score (nSPS) is 18.8. The number of nitrogens with zero attached hydrogens (tertiary/aromatic N) is 3. The lowest BCUT2D eigenvalue weighted by molar-refractivity contribution is 0.0976. The standard InChI is InChI=1S/C27H24N4O5S/c1-35-25-11-8-17(31-15-19-13-18(31)16-36-19)14-26(25)37(33,34)30-27(32)24-10-9-21-20(5-4-7-23(21)29-24)22-6-2-3-12-28-22/h2-12,14,18-19H,13,15-16H2,1H3,(H,30,32). The molecule has 2 atom stereocenters. The molecule has 2 fully saturated rings. The summed E-state index contributed by atoms with van der Waals surface area (Å²) in [7, 11) is -2.86. The van der Waals surface area contributed by atoms with Gasteiger partial charge in [0.05, 0.1) is 37.1 Å². The van der Waals surface area contributed by atoms with Gasteiger partial charge in [-0.2, -0.15) is 0 Å². The van der Waals surface area contributed by atoms with E-state index in [1.807, 2.05) is 36.4 Å². The first-order valence-corrected chi connectivity index (χ1v) is 13.4. The number of hydrogen-bond acceptors (Lipinski definition) is 8. The summed E-state index contributed by atoms with van der Waals surface area (Å²) >= 11 is 0. The Morgan fingerprint density at radius 2 is 2.00 bits per heavy atom. The third-order valence-corrected chi connectivity index (χ3v) is 8.15. The Labute approximate surface area is 214 Å². The van der Waals surface area contributed by atoms with Crippen LogP contribution >= 0.6 is 0 Å². The predicted octanol–water partition coefficient (Wildman–Crippen LogP) is 3.40. The molecule has 10 heteroatoms. The van der Waals surface area contributed by atoms with Crippen molar-refractivity contribution in [3.63, 3.8) is 0 Å². The van der Waals surface area contributed by atoms with E-state index in [-0.39, 0.29) is 28.5 Å². The predicted molar refractivity (Wildman–Crippen MR) is 138 cm³/mol. The van der Waals surface area contributed by atoms with Gasteiger partial charge in [0.25, 0.3) is 15.9 Å². The van der Waals surface area contributed by atoms with E-state index in [2.05, 4.69) is 19.6 Å². The summed E-state index contributed by atoms with van der Waals surface area (Å²) in [5.41, 5.74) is 2.93. The van der Waals surface area contributed by atoms with Crippen LogP contribution in [0.25, 0.3) is 22.2 Å². The van der Waals surface area contributed by atoms with Crippen molar-refractivity contribution in [1.29, 1.82) is 0 Å². The molecule has 2 unspecified atom stereocenters.